The number of likely N-dealkylation sites (tertiary alicyclic amines) is 1. The van der Waals surface area contributed by atoms with Crippen LogP contribution >= 0.6 is 0 Å². The molecule has 9 heteroatoms. The van der Waals surface area contributed by atoms with E-state index < -0.39 is 0 Å². The van der Waals surface area contributed by atoms with Crippen molar-refractivity contribution in [3.8, 4) is 5.75 Å². The van der Waals surface area contributed by atoms with Crippen LogP contribution in [0, 0.1) is 0 Å². The Morgan fingerprint density at radius 1 is 0.868 bits per heavy atom. The van der Waals surface area contributed by atoms with Gasteiger partial charge in [-0.2, -0.15) is 9.97 Å². The third-order valence-corrected chi connectivity index (χ3v) is 6.70. The molecule has 2 heterocycles. The van der Waals surface area contributed by atoms with Crippen LogP contribution in [0.15, 0.2) is 48.5 Å². The van der Waals surface area contributed by atoms with Crippen molar-refractivity contribution in [3.05, 3.63) is 76.9 Å². The molecule has 38 heavy (non-hydrogen) atoms. The van der Waals surface area contributed by atoms with E-state index in [2.05, 4.69) is 63.3 Å². The van der Waals surface area contributed by atoms with Gasteiger partial charge in [-0.15, -0.1) is 0 Å². The van der Waals surface area contributed by atoms with Gasteiger partial charge >= 0.3 is 0 Å². The second-order valence-corrected chi connectivity index (χ2v) is 9.44. The van der Waals surface area contributed by atoms with Gasteiger partial charge in [-0.3, -0.25) is 14.5 Å². The predicted molar refractivity (Wildman–Crippen MR) is 146 cm³/mol. The molecule has 4 rings (SSSR count). The summed E-state index contributed by atoms with van der Waals surface area (Å²) in [6.07, 6.45) is 1.37. The highest BCUT2D eigenvalue weighted by Gasteiger charge is 2.28. The van der Waals surface area contributed by atoms with Crippen LogP contribution in [0.1, 0.15) is 48.6 Å². The Balaban J connectivity index is 1.45. The SMILES string of the molecule is CCN(CC)Cc1ccc(CCc2nc(CN3CC(=O)CC3=O)nc(NCc3ccc(OC)cc3)n2)cc1. The number of nitrogens with one attached hydrogen (secondary N) is 1. The Morgan fingerprint density at radius 2 is 1.53 bits per heavy atom. The fourth-order valence-corrected chi connectivity index (χ4v) is 4.38. The Labute approximate surface area is 224 Å². The fraction of sp³-hybridized carbons (Fsp3) is 0.414. The Bertz CT molecular complexity index is 1230. The molecule has 200 valence electrons. The third-order valence-electron chi connectivity index (χ3n) is 6.70. The number of carbonyl (C=O) groups excluding carboxylic acids is 2. The molecule has 1 fully saturated rings. The second kappa shape index (κ2) is 13.1. The minimum atomic E-state index is -0.186. The van der Waals surface area contributed by atoms with Gasteiger partial charge in [0, 0.05) is 19.5 Å². The molecule has 0 unspecified atom stereocenters. The smallest absolute Gasteiger partial charge is 0.230 e. The van der Waals surface area contributed by atoms with Crippen LogP contribution in [0.25, 0.3) is 0 Å². The fourth-order valence-electron chi connectivity index (χ4n) is 4.38. The summed E-state index contributed by atoms with van der Waals surface area (Å²) in [5, 5.41) is 3.28. The number of ether oxygens (including phenoxy) is 1. The molecule has 0 aliphatic carbocycles. The monoisotopic (exact) mass is 516 g/mol. The molecule has 1 saturated heterocycles. The van der Waals surface area contributed by atoms with Gasteiger partial charge in [0.1, 0.15) is 11.6 Å². The number of amides is 1. The zero-order chi connectivity index (χ0) is 26.9. The van der Waals surface area contributed by atoms with E-state index in [9.17, 15) is 9.59 Å². The minimum Gasteiger partial charge on any atom is -0.497 e. The highest BCUT2D eigenvalue weighted by atomic mass is 16.5. The number of carbonyl (C=O) groups is 2. The first-order valence-corrected chi connectivity index (χ1v) is 13.2. The lowest BCUT2D eigenvalue weighted by atomic mass is 10.1. The van der Waals surface area contributed by atoms with Gasteiger partial charge in [0.15, 0.2) is 11.6 Å². The molecule has 3 aromatic rings. The average molecular weight is 517 g/mol. The predicted octanol–water partition coefficient (Wildman–Crippen LogP) is 3.42. The standard InChI is InChI=1S/C29H36N6O3/c1-4-34(5-2)18-23-8-6-21(7-9-23)12-15-26-31-27(20-35-19-24(36)16-28(35)37)33-29(32-26)30-17-22-10-13-25(38-3)14-11-22/h6-11,13-14H,4-5,12,15-20H2,1-3H3,(H,30,31,32,33). The van der Waals surface area contributed by atoms with Crippen LogP contribution in [-0.2, 0) is 42.1 Å². The van der Waals surface area contributed by atoms with Gasteiger partial charge < -0.3 is 15.0 Å². The topological polar surface area (TPSA) is 101 Å². The van der Waals surface area contributed by atoms with E-state index >= 15 is 0 Å². The van der Waals surface area contributed by atoms with Crippen molar-refractivity contribution in [3.63, 3.8) is 0 Å². The molecular formula is C29H36N6O3. The van der Waals surface area contributed by atoms with E-state index in [0.29, 0.717) is 30.6 Å². The van der Waals surface area contributed by atoms with E-state index in [4.69, 9.17) is 4.74 Å². The van der Waals surface area contributed by atoms with Crippen LogP contribution in [0.3, 0.4) is 0 Å². The molecular weight excluding hydrogens is 480 g/mol. The first-order valence-electron chi connectivity index (χ1n) is 13.2. The van der Waals surface area contributed by atoms with Crippen molar-refractivity contribution in [2.45, 2.75) is 52.7 Å². The number of anilines is 1. The number of rotatable bonds is 13. The van der Waals surface area contributed by atoms with E-state index in [0.717, 1.165) is 37.4 Å². The minimum absolute atomic E-state index is 0.0508. The number of ketones is 1. The van der Waals surface area contributed by atoms with Crippen LogP contribution in [0.4, 0.5) is 5.95 Å². The van der Waals surface area contributed by atoms with E-state index in [-0.39, 0.29) is 31.2 Å². The molecule has 0 spiro atoms. The van der Waals surface area contributed by atoms with Gasteiger partial charge in [0.05, 0.1) is 26.6 Å². The summed E-state index contributed by atoms with van der Waals surface area (Å²) in [6, 6.07) is 16.5. The van der Waals surface area contributed by atoms with Crippen molar-refractivity contribution in [2.24, 2.45) is 0 Å². The number of nitrogens with zero attached hydrogens (tertiary/aromatic N) is 5. The summed E-state index contributed by atoms with van der Waals surface area (Å²) in [4.78, 5) is 41.6. The van der Waals surface area contributed by atoms with E-state index in [1.807, 2.05) is 24.3 Å². The van der Waals surface area contributed by atoms with Gasteiger partial charge in [-0.05, 0) is 48.3 Å². The molecule has 0 atom stereocenters. The summed E-state index contributed by atoms with van der Waals surface area (Å²) >= 11 is 0. The number of hydrogen-bond acceptors (Lipinski definition) is 8. The lowest BCUT2D eigenvalue weighted by Crippen LogP contribution is -2.26. The molecule has 1 aliphatic rings. The summed E-state index contributed by atoms with van der Waals surface area (Å²) < 4.78 is 5.23. The molecule has 2 aromatic carbocycles. The number of methoxy groups -OCH3 is 1. The Morgan fingerprint density at radius 3 is 2.16 bits per heavy atom. The number of hydrogen-bond donors (Lipinski definition) is 1. The molecule has 0 bridgehead atoms. The lowest BCUT2D eigenvalue weighted by Gasteiger charge is -2.18. The molecule has 0 saturated carbocycles. The number of Topliss-reactive ketones (excluding diaryl/α,β-unsaturated/α-hetero) is 1. The highest BCUT2D eigenvalue weighted by molar-refractivity contribution is 6.05. The van der Waals surface area contributed by atoms with Gasteiger partial charge in [0.25, 0.3) is 0 Å². The Kier molecular flexibility index (Phi) is 9.37. The number of aryl methyl sites for hydroxylation is 2. The van der Waals surface area contributed by atoms with Crippen LogP contribution in [0.2, 0.25) is 0 Å². The van der Waals surface area contributed by atoms with E-state index in [1.54, 1.807) is 7.11 Å². The van der Waals surface area contributed by atoms with Crippen LogP contribution < -0.4 is 10.1 Å². The first kappa shape index (κ1) is 27.2. The van der Waals surface area contributed by atoms with Gasteiger partial charge in [0.2, 0.25) is 11.9 Å². The van der Waals surface area contributed by atoms with Crippen molar-refractivity contribution in [1.29, 1.82) is 0 Å². The van der Waals surface area contributed by atoms with Gasteiger partial charge in [-0.25, -0.2) is 4.98 Å². The van der Waals surface area contributed by atoms with Crippen LogP contribution in [-0.4, -0.2) is 63.2 Å². The summed E-state index contributed by atoms with van der Waals surface area (Å²) in [5.74, 6) is 2.11. The normalized spacial score (nSPS) is 13.4. The number of benzene rings is 2. The largest absolute Gasteiger partial charge is 0.497 e. The summed E-state index contributed by atoms with van der Waals surface area (Å²) in [5.41, 5.74) is 3.57. The van der Waals surface area contributed by atoms with Crippen molar-refractivity contribution < 1.29 is 14.3 Å². The molecule has 9 nitrogen and oxygen atoms in total. The number of aromatic nitrogens is 3. The van der Waals surface area contributed by atoms with Crippen molar-refractivity contribution in [2.75, 3.05) is 32.1 Å². The molecule has 1 N–H and O–H groups in total. The van der Waals surface area contributed by atoms with Crippen LogP contribution in [0.5, 0.6) is 5.75 Å². The second-order valence-electron chi connectivity index (χ2n) is 9.44. The van der Waals surface area contributed by atoms with E-state index in [1.165, 1.54) is 16.0 Å². The highest BCUT2D eigenvalue weighted by Crippen LogP contribution is 2.15. The molecule has 1 aromatic heterocycles. The van der Waals surface area contributed by atoms with Gasteiger partial charge in [-0.1, -0.05) is 50.2 Å². The summed E-state index contributed by atoms with van der Waals surface area (Å²) in [6.45, 7) is 8.20. The average Bonchev–Trinajstić information content (AvgIpc) is 3.26. The zero-order valence-corrected chi connectivity index (χ0v) is 22.4. The lowest BCUT2D eigenvalue weighted by molar-refractivity contribution is -0.128. The molecule has 0 radical (unpaired) electrons. The Hall–Kier alpha value is -3.85. The maximum Gasteiger partial charge on any atom is 0.230 e. The quantitative estimate of drug-likeness (QED) is 0.345. The molecule has 1 aliphatic heterocycles. The molecule has 1 amide bonds. The maximum atomic E-state index is 12.2. The zero-order valence-electron chi connectivity index (χ0n) is 22.4. The maximum absolute atomic E-state index is 12.2. The third kappa shape index (κ3) is 7.58. The summed E-state index contributed by atoms with van der Waals surface area (Å²) in [7, 11) is 1.64. The van der Waals surface area contributed by atoms with Crippen molar-refractivity contribution in [1.82, 2.24) is 24.8 Å². The first-order chi connectivity index (χ1) is 18.4. The van der Waals surface area contributed by atoms with Crippen molar-refractivity contribution >= 4 is 17.6 Å².